The summed E-state index contributed by atoms with van der Waals surface area (Å²) < 4.78 is 13.4. The van der Waals surface area contributed by atoms with Crippen LogP contribution in [-0.4, -0.2) is 10.8 Å². The number of halogens is 1. The maximum absolute atomic E-state index is 13.4. The van der Waals surface area contributed by atoms with E-state index in [-0.39, 0.29) is 5.82 Å². The Labute approximate surface area is 116 Å². The molecule has 0 aliphatic heterocycles. The van der Waals surface area contributed by atoms with Crippen LogP contribution in [0, 0.1) is 17.7 Å². The Morgan fingerprint density at radius 1 is 1.37 bits per heavy atom. The lowest BCUT2D eigenvalue weighted by atomic mass is 9.74. The van der Waals surface area contributed by atoms with E-state index >= 15 is 0 Å². The van der Waals surface area contributed by atoms with Crippen molar-refractivity contribution in [2.24, 2.45) is 16.9 Å². The summed E-state index contributed by atoms with van der Waals surface area (Å²) in [5.74, 6) is 0.875. The summed E-state index contributed by atoms with van der Waals surface area (Å²) in [7, 11) is 0. The third-order valence-electron chi connectivity index (χ3n) is 3.59. The van der Waals surface area contributed by atoms with Gasteiger partial charge in [0.15, 0.2) is 5.11 Å². The molecule has 0 unspecified atom stereocenters. The molecule has 0 radical (unpaired) electrons. The SMILES string of the molecule is Fc1ccccc1NC(=S)N/N=C1/C[C@@H]2C=CC[C@@H]12. The van der Waals surface area contributed by atoms with Crippen molar-refractivity contribution in [3.8, 4) is 0 Å². The van der Waals surface area contributed by atoms with Crippen molar-refractivity contribution in [3.05, 3.63) is 42.2 Å². The van der Waals surface area contributed by atoms with Crippen LogP contribution in [-0.2, 0) is 0 Å². The average Bonchev–Trinajstić information content (AvgIpc) is 2.74. The van der Waals surface area contributed by atoms with E-state index in [1.807, 2.05) is 0 Å². The van der Waals surface area contributed by atoms with E-state index in [1.54, 1.807) is 18.2 Å². The van der Waals surface area contributed by atoms with Crippen LogP contribution in [0.1, 0.15) is 12.8 Å². The van der Waals surface area contributed by atoms with Gasteiger partial charge in [-0.2, -0.15) is 5.10 Å². The zero-order valence-corrected chi connectivity index (χ0v) is 11.1. The predicted octanol–water partition coefficient (Wildman–Crippen LogP) is 3.06. The molecule has 1 aromatic rings. The number of para-hydroxylation sites is 1. The Morgan fingerprint density at radius 2 is 2.21 bits per heavy atom. The minimum absolute atomic E-state index is 0.312. The van der Waals surface area contributed by atoms with Crippen molar-refractivity contribution in [3.63, 3.8) is 0 Å². The van der Waals surface area contributed by atoms with E-state index in [0.29, 0.717) is 22.6 Å². The molecule has 0 spiro atoms. The predicted molar refractivity (Wildman–Crippen MR) is 78.5 cm³/mol. The highest BCUT2D eigenvalue weighted by molar-refractivity contribution is 7.80. The minimum atomic E-state index is -0.331. The lowest BCUT2D eigenvalue weighted by molar-refractivity contribution is 0.463. The van der Waals surface area contributed by atoms with E-state index in [4.69, 9.17) is 12.2 Å². The van der Waals surface area contributed by atoms with Gasteiger partial charge < -0.3 is 5.32 Å². The Bertz CT molecular complexity index is 568. The molecule has 0 amide bonds. The number of nitrogens with zero attached hydrogens (tertiary/aromatic N) is 1. The van der Waals surface area contributed by atoms with Crippen molar-refractivity contribution >= 4 is 28.7 Å². The fourth-order valence-electron chi connectivity index (χ4n) is 2.50. The third kappa shape index (κ3) is 2.51. The number of hydrogen-bond acceptors (Lipinski definition) is 2. The highest BCUT2D eigenvalue weighted by atomic mass is 32.1. The first-order valence-electron chi connectivity index (χ1n) is 6.28. The minimum Gasteiger partial charge on any atom is -0.329 e. The molecule has 2 aliphatic carbocycles. The summed E-state index contributed by atoms with van der Waals surface area (Å²) in [6.45, 7) is 0. The Balaban J connectivity index is 1.55. The van der Waals surface area contributed by atoms with Gasteiger partial charge in [-0.25, -0.2) is 4.39 Å². The molecule has 0 aromatic heterocycles. The summed E-state index contributed by atoms with van der Waals surface area (Å²) in [5, 5.41) is 7.41. The summed E-state index contributed by atoms with van der Waals surface area (Å²) in [6, 6.07) is 6.41. The van der Waals surface area contributed by atoms with Crippen molar-refractivity contribution < 1.29 is 4.39 Å². The molecule has 3 nitrogen and oxygen atoms in total. The number of nitrogens with one attached hydrogen (secondary N) is 2. The molecule has 98 valence electrons. The Hall–Kier alpha value is -1.75. The second-order valence-corrected chi connectivity index (χ2v) is 5.20. The monoisotopic (exact) mass is 275 g/mol. The van der Waals surface area contributed by atoms with Gasteiger partial charge in [-0.1, -0.05) is 24.3 Å². The molecule has 2 atom stereocenters. The topological polar surface area (TPSA) is 36.4 Å². The molecule has 0 heterocycles. The van der Waals surface area contributed by atoms with E-state index < -0.39 is 0 Å². The molecule has 1 aromatic carbocycles. The lowest BCUT2D eigenvalue weighted by Crippen LogP contribution is -2.36. The summed E-state index contributed by atoms with van der Waals surface area (Å²) in [4.78, 5) is 0. The van der Waals surface area contributed by atoms with Crippen molar-refractivity contribution in [1.29, 1.82) is 0 Å². The standard InChI is InChI=1S/C14H14FN3S/c15-11-6-1-2-7-12(11)16-14(19)18-17-13-8-9-4-3-5-10(9)13/h1-4,6-7,9-10H,5,8H2,(H2,16,18,19)/b17-13-/t9-,10+/m0/s1. The van der Waals surface area contributed by atoms with Crippen molar-refractivity contribution in [1.82, 2.24) is 5.43 Å². The van der Waals surface area contributed by atoms with Gasteiger partial charge in [0.1, 0.15) is 5.82 Å². The van der Waals surface area contributed by atoms with Gasteiger partial charge in [0.05, 0.1) is 5.69 Å². The highest BCUT2D eigenvalue weighted by Crippen LogP contribution is 2.40. The van der Waals surface area contributed by atoms with Crippen molar-refractivity contribution in [2.75, 3.05) is 5.32 Å². The Kier molecular flexibility index (Phi) is 3.29. The smallest absolute Gasteiger partial charge is 0.191 e. The lowest BCUT2D eigenvalue weighted by Gasteiger charge is -2.31. The molecular weight excluding hydrogens is 261 g/mol. The molecule has 1 saturated carbocycles. The first-order chi connectivity index (χ1) is 9.24. The first-order valence-corrected chi connectivity index (χ1v) is 6.69. The van der Waals surface area contributed by atoms with Gasteiger partial charge >= 0.3 is 0 Å². The van der Waals surface area contributed by atoms with E-state index in [2.05, 4.69) is 28.0 Å². The second kappa shape index (κ2) is 5.09. The highest BCUT2D eigenvalue weighted by Gasteiger charge is 2.37. The van der Waals surface area contributed by atoms with Gasteiger partial charge in [-0.15, -0.1) is 0 Å². The van der Waals surface area contributed by atoms with Crippen LogP contribution in [0.2, 0.25) is 0 Å². The molecule has 3 rings (SSSR count). The van der Waals surface area contributed by atoms with Gasteiger partial charge in [0, 0.05) is 11.6 Å². The number of benzene rings is 1. The van der Waals surface area contributed by atoms with Crippen LogP contribution in [0.25, 0.3) is 0 Å². The number of hydrogen-bond donors (Lipinski definition) is 2. The van der Waals surface area contributed by atoms with Crippen LogP contribution in [0.5, 0.6) is 0 Å². The van der Waals surface area contributed by atoms with E-state index in [0.717, 1.165) is 18.6 Å². The zero-order chi connectivity index (χ0) is 13.2. The zero-order valence-electron chi connectivity index (χ0n) is 10.3. The summed E-state index contributed by atoms with van der Waals surface area (Å²) >= 11 is 5.09. The molecule has 2 aliphatic rings. The van der Waals surface area contributed by atoms with Crippen LogP contribution in [0.15, 0.2) is 41.5 Å². The quantitative estimate of drug-likeness (QED) is 0.495. The number of rotatable bonds is 2. The molecule has 0 saturated heterocycles. The van der Waals surface area contributed by atoms with Crippen molar-refractivity contribution in [2.45, 2.75) is 12.8 Å². The summed E-state index contributed by atoms with van der Waals surface area (Å²) in [5.41, 5.74) is 4.29. The molecule has 2 N–H and O–H groups in total. The Morgan fingerprint density at radius 3 is 3.00 bits per heavy atom. The number of hydrazone groups is 1. The number of anilines is 1. The van der Waals surface area contributed by atoms with E-state index in [9.17, 15) is 4.39 Å². The van der Waals surface area contributed by atoms with Gasteiger partial charge in [-0.3, -0.25) is 5.43 Å². The van der Waals surface area contributed by atoms with Gasteiger partial charge in [0.25, 0.3) is 0 Å². The maximum Gasteiger partial charge on any atom is 0.191 e. The molecule has 5 heteroatoms. The fraction of sp³-hybridized carbons (Fsp3) is 0.286. The van der Waals surface area contributed by atoms with Crippen LogP contribution in [0.3, 0.4) is 0 Å². The van der Waals surface area contributed by atoms with Crippen LogP contribution < -0.4 is 10.7 Å². The molecular formula is C14H14FN3S. The third-order valence-corrected chi connectivity index (χ3v) is 3.78. The molecule has 1 fully saturated rings. The number of fused-ring (bicyclic) bond motifs is 1. The normalized spacial score (nSPS) is 25.8. The average molecular weight is 275 g/mol. The molecule has 19 heavy (non-hydrogen) atoms. The summed E-state index contributed by atoms with van der Waals surface area (Å²) in [6.07, 6.45) is 6.52. The number of allylic oxidation sites excluding steroid dienone is 2. The molecule has 0 bridgehead atoms. The van der Waals surface area contributed by atoms with E-state index in [1.165, 1.54) is 6.07 Å². The first kappa shape index (κ1) is 12.3. The number of thiocarbonyl (C=S) groups is 1. The maximum atomic E-state index is 13.4. The van der Waals surface area contributed by atoms with Crippen LogP contribution in [0.4, 0.5) is 10.1 Å². The fourth-order valence-corrected chi connectivity index (χ4v) is 2.65. The largest absolute Gasteiger partial charge is 0.329 e. The van der Waals surface area contributed by atoms with Gasteiger partial charge in [-0.05, 0) is 43.1 Å². The second-order valence-electron chi connectivity index (χ2n) is 4.79. The van der Waals surface area contributed by atoms with Crippen LogP contribution >= 0.6 is 12.2 Å². The van der Waals surface area contributed by atoms with Gasteiger partial charge in [0.2, 0.25) is 0 Å².